The van der Waals surface area contributed by atoms with Crippen molar-refractivity contribution in [3.05, 3.63) is 18.0 Å². The molecule has 1 rings (SSSR count). The van der Waals surface area contributed by atoms with Crippen LogP contribution in [0.2, 0.25) is 0 Å². The molecule has 128 valence electrons. The van der Waals surface area contributed by atoms with Crippen LogP contribution < -0.4 is 10.6 Å². The van der Waals surface area contributed by atoms with Crippen LogP contribution in [0.25, 0.3) is 0 Å². The second-order valence-corrected chi connectivity index (χ2v) is 5.71. The molecular formula is C15H30IN5O. The van der Waals surface area contributed by atoms with E-state index in [0.717, 1.165) is 31.9 Å². The van der Waals surface area contributed by atoms with Gasteiger partial charge in [0.2, 0.25) is 0 Å². The maximum atomic E-state index is 5.38. The number of aryl methyl sites for hydroxylation is 2. The Balaban J connectivity index is 0.00000441. The highest BCUT2D eigenvalue weighted by Crippen LogP contribution is 2.07. The number of ether oxygens (including phenoxy) is 1. The Morgan fingerprint density at radius 1 is 1.41 bits per heavy atom. The van der Waals surface area contributed by atoms with E-state index in [1.807, 2.05) is 31.8 Å². The summed E-state index contributed by atoms with van der Waals surface area (Å²) in [5, 5.41) is 10.8. The highest BCUT2D eigenvalue weighted by molar-refractivity contribution is 14.0. The molecule has 0 unspecified atom stereocenters. The number of methoxy groups -OCH3 is 1. The minimum absolute atomic E-state index is 0. The summed E-state index contributed by atoms with van der Waals surface area (Å²) in [6.07, 6.45) is 6.04. The molecule has 1 heterocycles. The third kappa shape index (κ3) is 8.57. The number of halogens is 1. The fourth-order valence-electron chi connectivity index (χ4n) is 1.78. The van der Waals surface area contributed by atoms with Gasteiger partial charge in [0, 0.05) is 33.4 Å². The number of hydrogen-bond acceptors (Lipinski definition) is 3. The van der Waals surface area contributed by atoms with Gasteiger partial charge < -0.3 is 15.4 Å². The Bertz CT molecular complexity index is 445. The minimum atomic E-state index is -0.238. The number of rotatable bonds is 8. The largest absolute Gasteiger partial charge is 0.377 e. The lowest BCUT2D eigenvalue weighted by atomic mass is 10.1. The summed E-state index contributed by atoms with van der Waals surface area (Å²) < 4.78 is 7.21. The average molecular weight is 423 g/mol. The van der Waals surface area contributed by atoms with E-state index < -0.39 is 0 Å². The molecule has 0 aromatic carbocycles. The molecule has 1 aromatic heterocycles. The van der Waals surface area contributed by atoms with Crippen molar-refractivity contribution < 1.29 is 4.74 Å². The van der Waals surface area contributed by atoms with Crippen molar-refractivity contribution in [3.8, 4) is 0 Å². The zero-order valence-electron chi connectivity index (χ0n) is 14.3. The number of aromatic nitrogens is 2. The van der Waals surface area contributed by atoms with Crippen LogP contribution in [-0.2, 0) is 18.2 Å². The standard InChI is InChI=1S/C15H29N5O.HI/c1-6-16-14(18-12-15(2,3)21-5)17-9-7-8-13-10-19-20(4)11-13;/h10-11H,6-9,12H2,1-5H3,(H2,16,17,18);1H. The Labute approximate surface area is 151 Å². The van der Waals surface area contributed by atoms with Crippen LogP contribution in [0, 0.1) is 0 Å². The van der Waals surface area contributed by atoms with Crippen LogP contribution in [0.5, 0.6) is 0 Å². The Morgan fingerprint density at radius 2 is 2.14 bits per heavy atom. The van der Waals surface area contributed by atoms with Gasteiger partial charge in [0.25, 0.3) is 0 Å². The molecule has 0 radical (unpaired) electrons. The topological polar surface area (TPSA) is 63.5 Å². The first-order valence-corrected chi connectivity index (χ1v) is 7.51. The molecule has 0 aliphatic carbocycles. The van der Waals surface area contributed by atoms with Crippen LogP contribution >= 0.6 is 24.0 Å². The summed E-state index contributed by atoms with van der Waals surface area (Å²) in [7, 11) is 3.65. The lowest BCUT2D eigenvalue weighted by Gasteiger charge is -2.21. The van der Waals surface area contributed by atoms with Gasteiger partial charge in [0.1, 0.15) is 0 Å². The Hall–Kier alpha value is -0.830. The summed E-state index contributed by atoms with van der Waals surface area (Å²) in [6, 6.07) is 0. The van der Waals surface area contributed by atoms with Gasteiger partial charge in [0.05, 0.1) is 18.3 Å². The normalized spacial score (nSPS) is 12.0. The fraction of sp³-hybridized carbons (Fsp3) is 0.733. The second-order valence-electron chi connectivity index (χ2n) is 5.71. The van der Waals surface area contributed by atoms with Gasteiger partial charge >= 0.3 is 0 Å². The van der Waals surface area contributed by atoms with Crippen molar-refractivity contribution >= 4 is 29.9 Å². The van der Waals surface area contributed by atoms with Crippen LogP contribution in [0.1, 0.15) is 32.8 Å². The van der Waals surface area contributed by atoms with Crippen LogP contribution in [0.4, 0.5) is 0 Å². The zero-order valence-corrected chi connectivity index (χ0v) is 16.7. The van der Waals surface area contributed by atoms with Crippen molar-refractivity contribution in [2.45, 2.75) is 39.2 Å². The smallest absolute Gasteiger partial charge is 0.191 e. The molecule has 2 N–H and O–H groups in total. The summed E-state index contributed by atoms with van der Waals surface area (Å²) in [5.41, 5.74) is 1.03. The first kappa shape index (κ1) is 21.2. The highest BCUT2D eigenvalue weighted by atomic mass is 127. The summed E-state index contributed by atoms with van der Waals surface area (Å²) in [5.74, 6) is 0.841. The van der Waals surface area contributed by atoms with E-state index in [4.69, 9.17) is 4.74 Å². The van der Waals surface area contributed by atoms with Crippen LogP contribution in [0.3, 0.4) is 0 Å². The number of nitrogens with one attached hydrogen (secondary N) is 2. The molecule has 0 amide bonds. The van der Waals surface area contributed by atoms with E-state index in [9.17, 15) is 0 Å². The monoisotopic (exact) mass is 423 g/mol. The van der Waals surface area contributed by atoms with E-state index in [-0.39, 0.29) is 29.6 Å². The SMILES string of the molecule is CCNC(=NCC(C)(C)OC)NCCCc1cnn(C)c1.I. The molecule has 6 nitrogen and oxygen atoms in total. The average Bonchev–Trinajstić information content (AvgIpc) is 2.86. The lowest BCUT2D eigenvalue weighted by molar-refractivity contribution is 0.0310. The zero-order chi connectivity index (χ0) is 15.7. The molecule has 0 saturated carbocycles. The summed E-state index contributed by atoms with van der Waals surface area (Å²) >= 11 is 0. The minimum Gasteiger partial charge on any atom is -0.377 e. The third-order valence-electron chi connectivity index (χ3n) is 3.21. The number of hydrogen-bond donors (Lipinski definition) is 2. The molecular weight excluding hydrogens is 393 g/mol. The summed E-state index contributed by atoms with van der Waals surface area (Å²) in [6.45, 7) is 8.48. The third-order valence-corrected chi connectivity index (χ3v) is 3.21. The molecule has 0 fully saturated rings. The van der Waals surface area contributed by atoms with Crippen molar-refractivity contribution in [3.63, 3.8) is 0 Å². The molecule has 0 bridgehead atoms. The molecule has 0 atom stereocenters. The maximum Gasteiger partial charge on any atom is 0.191 e. The van der Waals surface area contributed by atoms with Crippen molar-refractivity contribution in [1.82, 2.24) is 20.4 Å². The molecule has 1 aromatic rings. The Morgan fingerprint density at radius 3 is 2.68 bits per heavy atom. The van der Waals surface area contributed by atoms with E-state index in [2.05, 4.69) is 33.8 Å². The number of nitrogens with zero attached hydrogens (tertiary/aromatic N) is 3. The number of aliphatic imine (C=N–C) groups is 1. The highest BCUT2D eigenvalue weighted by Gasteiger charge is 2.15. The maximum absolute atomic E-state index is 5.38. The van der Waals surface area contributed by atoms with Gasteiger partial charge in [-0.05, 0) is 39.2 Å². The van der Waals surface area contributed by atoms with E-state index in [0.29, 0.717) is 6.54 Å². The predicted octanol–water partition coefficient (Wildman–Crippen LogP) is 1.95. The molecule has 0 aliphatic rings. The number of guanidine groups is 1. The molecule has 7 heteroatoms. The first-order valence-electron chi connectivity index (χ1n) is 7.51. The van der Waals surface area contributed by atoms with E-state index >= 15 is 0 Å². The molecule has 0 spiro atoms. The second kappa shape index (κ2) is 10.8. The van der Waals surface area contributed by atoms with Gasteiger partial charge in [-0.2, -0.15) is 5.10 Å². The predicted molar refractivity (Wildman–Crippen MR) is 102 cm³/mol. The van der Waals surface area contributed by atoms with E-state index in [1.165, 1.54) is 5.56 Å². The molecule has 22 heavy (non-hydrogen) atoms. The van der Waals surface area contributed by atoms with Gasteiger partial charge in [-0.25, -0.2) is 0 Å². The quantitative estimate of drug-likeness (QED) is 0.291. The van der Waals surface area contributed by atoms with Crippen molar-refractivity contribution in [2.75, 3.05) is 26.7 Å². The lowest BCUT2D eigenvalue weighted by Crippen LogP contribution is -2.39. The van der Waals surface area contributed by atoms with Crippen molar-refractivity contribution in [2.24, 2.45) is 12.0 Å². The van der Waals surface area contributed by atoms with Gasteiger partial charge in [-0.3, -0.25) is 9.67 Å². The van der Waals surface area contributed by atoms with Crippen molar-refractivity contribution in [1.29, 1.82) is 0 Å². The van der Waals surface area contributed by atoms with Crippen LogP contribution in [-0.4, -0.2) is 48.1 Å². The van der Waals surface area contributed by atoms with Crippen LogP contribution in [0.15, 0.2) is 17.4 Å². The summed E-state index contributed by atoms with van der Waals surface area (Å²) in [4.78, 5) is 4.56. The fourth-order valence-corrected chi connectivity index (χ4v) is 1.78. The first-order chi connectivity index (χ1) is 9.96. The van der Waals surface area contributed by atoms with Gasteiger partial charge in [-0.1, -0.05) is 0 Å². The molecule has 0 aliphatic heterocycles. The molecule has 0 saturated heterocycles. The Kier molecular flexibility index (Phi) is 10.4. The van der Waals surface area contributed by atoms with Gasteiger partial charge in [0.15, 0.2) is 5.96 Å². The van der Waals surface area contributed by atoms with E-state index in [1.54, 1.807) is 7.11 Å². The van der Waals surface area contributed by atoms with Gasteiger partial charge in [-0.15, -0.1) is 24.0 Å².